The van der Waals surface area contributed by atoms with Crippen LogP contribution in [0.5, 0.6) is 0 Å². The molecule has 5 nitrogen and oxygen atoms in total. The van der Waals surface area contributed by atoms with Gasteiger partial charge in [0.2, 0.25) is 0 Å². The van der Waals surface area contributed by atoms with Crippen molar-refractivity contribution in [3.8, 4) is 0 Å². The highest BCUT2D eigenvalue weighted by Crippen LogP contribution is 2.20. The normalized spacial score (nSPS) is 21.0. The smallest absolute Gasteiger partial charge is 0.191 e. The Hall–Kier alpha value is -0.860. The van der Waals surface area contributed by atoms with E-state index in [4.69, 9.17) is 4.74 Å². The Bertz CT molecular complexity index is 497. The predicted molar refractivity (Wildman–Crippen MR) is 116 cm³/mol. The number of rotatable bonds is 8. The fraction of sp³-hybridized carbons (Fsp3) is 0.632. The summed E-state index contributed by atoms with van der Waals surface area (Å²) in [5.41, 5.74) is 1.38. The van der Waals surface area contributed by atoms with Crippen LogP contribution in [-0.2, 0) is 11.3 Å². The van der Waals surface area contributed by atoms with Crippen LogP contribution >= 0.6 is 24.0 Å². The van der Waals surface area contributed by atoms with E-state index in [9.17, 15) is 0 Å². The molecule has 0 spiro atoms. The second-order valence-corrected chi connectivity index (χ2v) is 6.45. The highest BCUT2D eigenvalue weighted by atomic mass is 127. The van der Waals surface area contributed by atoms with Crippen LogP contribution in [0, 0.1) is 0 Å². The molecule has 1 aromatic rings. The zero-order valence-electron chi connectivity index (χ0n) is 15.7. The Kier molecular flexibility index (Phi) is 11.1. The summed E-state index contributed by atoms with van der Waals surface area (Å²) >= 11 is 0. The first-order chi connectivity index (χ1) is 11.7. The number of methoxy groups -OCH3 is 1. The number of guanidine groups is 1. The molecule has 0 bridgehead atoms. The van der Waals surface area contributed by atoms with Gasteiger partial charge in [-0.2, -0.15) is 0 Å². The lowest BCUT2D eigenvalue weighted by molar-refractivity contribution is 0.197. The van der Waals surface area contributed by atoms with Gasteiger partial charge in [-0.05, 0) is 32.3 Å². The van der Waals surface area contributed by atoms with Crippen molar-refractivity contribution in [2.24, 2.45) is 4.99 Å². The minimum absolute atomic E-state index is 0. The molecule has 142 valence electrons. The SMILES string of the molecule is CCNC(=NCCCOC)NC1CC(C)N(Cc2ccccc2)C1.I. The van der Waals surface area contributed by atoms with Crippen LogP contribution < -0.4 is 10.6 Å². The van der Waals surface area contributed by atoms with Crippen LogP contribution in [0.15, 0.2) is 35.3 Å². The van der Waals surface area contributed by atoms with Gasteiger partial charge in [-0.3, -0.25) is 9.89 Å². The largest absolute Gasteiger partial charge is 0.385 e. The third kappa shape index (κ3) is 7.92. The molecule has 2 N–H and O–H groups in total. The number of aliphatic imine (C=N–C) groups is 1. The number of nitrogens with one attached hydrogen (secondary N) is 2. The molecule has 0 saturated carbocycles. The van der Waals surface area contributed by atoms with Crippen LogP contribution in [-0.4, -0.2) is 56.3 Å². The first kappa shape index (κ1) is 22.2. The Labute approximate surface area is 169 Å². The summed E-state index contributed by atoms with van der Waals surface area (Å²) in [5.74, 6) is 0.923. The van der Waals surface area contributed by atoms with Crippen molar-refractivity contribution in [2.45, 2.75) is 45.3 Å². The van der Waals surface area contributed by atoms with E-state index in [0.29, 0.717) is 12.1 Å². The van der Waals surface area contributed by atoms with Crippen molar-refractivity contribution in [3.05, 3.63) is 35.9 Å². The minimum atomic E-state index is 0. The highest BCUT2D eigenvalue weighted by molar-refractivity contribution is 14.0. The molecule has 1 aromatic carbocycles. The molecule has 1 aliphatic rings. The summed E-state index contributed by atoms with van der Waals surface area (Å²) < 4.78 is 5.09. The van der Waals surface area contributed by atoms with Crippen LogP contribution in [0.2, 0.25) is 0 Å². The lowest BCUT2D eigenvalue weighted by atomic mass is 10.2. The number of hydrogen-bond donors (Lipinski definition) is 2. The lowest BCUT2D eigenvalue weighted by Crippen LogP contribution is -2.44. The molecule has 2 atom stereocenters. The van der Waals surface area contributed by atoms with Gasteiger partial charge in [0.1, 0.15) is 0 Å². The second-order valence-electron chi connectivity index (χ2n) is 6.45. The van der Waals surface area contributed by atoms with E-state index in [1.807, 2.05) is 0 Å². The molecular weight excluding hydrogens is 427 g/mol. The average molecular weight is 460 g/mol. The molecule has 1 saturated heterocycles. The maximum Gasteiger partial charge on any atom is 0.191 e. The van der Waals surface area contributed by atoms with E-state index in [0.717, 1.165) is 51.6 Å². The zero-order chi connectivity index (χ0) is 17.2. The van der Waals surface area contributed by atoms with Crippen LogP contribution in [0.4, 0.5) is 0 Å². The number of halogens is 1. The van der Waals surface area contributed by atoms with Crippen LogP contribution in [0.1, 0.15) is 32.3 Å². The molecular formula is C19H33IN4O. The van der Waals surface area contributed by atoms with E-state index in [1.54, 1.807) is 7.11 Å². The van der Waals surface area contributed by atoms with E-state index in [-0.39, 0.29) is 24.0 Å². The average Bonchev–Trinajstić information content (AvgIpc) is 2.92. The highest BCUT2D eigenvalue weighted by Gasteiger charge is 2.29. The third-order valence-electron chi connectivity index (χ3n) is 4.39. The van der Waals surface area contributed by atoms with E-state index >= 15 is 0 Å². The fourth-order valence-electron chi connectivity index (χ4n) is 3.15. The van der Waals surface area contributed by atoms with E-state index in [1.165, 1.54) is 5.56 Å². The molecule has 0 radical (unpaired) electrons. The van der Waals surface area contributed by atoms with E-state index < -0.39 is 0 Å². The third-order valence-corrected chi connectivity index (χ3v) is 4.39. The van der Waals surface area contributed by atoms with Crippen molar-refractivity contribution in [3.63, 3.8) is 0 Å². The molecule has 0 amide bonds. The number of likely N-dealkylation sites (tertiary alicyclic amines) is 1. The van der Waals surface area contributed by atoms with E-state index in [2.05, 4.69) is 64.7 Å². The van der Waals surface area contributed by atoms with Gasteiger partial charge in [0.15, 0.2) is 5.96 Å². The van der Waals surface area contributed by atoms with Crippen molar-refractivity contribution in [1.29, 1.82) is 0 Å². The fourth-order valence-corrected chi connectivity index (χ4v) is 3.15. The Balaban J connectivity index is 0.00000312. The number of hydrogen-bond acceptors (Lipinski definition) is 3. The molecule has 2 rings (SSSR count). The van der Waals surface area contributed by atoms with Crippen molar-refractivity contribution in [1.82, 2.24) is 15.5 Å². The molecule has 6 heteroatoms. The molecule has 0 aliphatic carbocycles. The van der Waals surface area contributed by atoms with Gasteiger partial charge in [-0.1, -0.05) is 30.3 Å². The van der Waals surface area contributed by atoms with Crippen LogP contribution in [0.25, 0.3) is 0 Å². The zero-order valence-corrected chi connectivity index (χ0v) is 18.0. The maximum absolute atomic E-state index is 5.09. The predicted octanol–water partition coefficient (Wildman–Crippen LogP) is 2.86. The first-order valence-electron chi connectivity index (χ1n) is 9.04. The van der Waals surface area contributed by atoms with Crippen molar-refractivity contribution in [2.75, 3.05) is 33.4 Å². The Morgan fingerprint density at radius 2 is 2.08 bits per heavy atom. The molecule has 25 heavy (non-hydrogen) atoms. The van der Waals surface area contributed by atoms with Gasteiger partial charge in [0.25, 0.3) is 0 Å². The minimum Gasteiger partial charge on any atom is -0.385 e. The molecule has 1 fully saturated rings. The molecule has 2 unspecified atom stereocenters. The summed E-state index contributed by atoms with van der Waals surface area (Å²) in [7, 11) is 1.73. The number of ether oxygens (including phenoxy) is 1. The first-order valence-corrected chi connectivity index (χ1v) is 9.04. The summed E-state index contributed by atoms with van der Waals surface area (Å²) in [6.07, 6.45) is 2.10. The summed E-state index contributed by atoms with van der Waals surface area (Å²) in [6, 6.07) is 11.7. The van der Waals surface area contributed by atoms with Crippen molar-refractivity contribution >= 4 is 29.9 Å². The Morgan fingerprint density at radius 3 is 2.76 bits per heavy atom. The van der Waals surface area contributed by atoms with Gasteiger partial charge < -0.3 is 15.4 Å². The van der Waals surface area contributed by atoms with Gasteiger partial charge in [-0.25, -0.2) is 0 Å². The Morgan fingerprint density at radius 1 is 1.32 bits per heavy atom. The van der Waals surface area contributed by atoms with Crippen molar-refractivity contribution < 1.29 is 4.74 Å². The number of nitrogens with zero attached hydrogens (tertiary/aromatic N) is 2. The van der Waals surface area contributed by atoms with Gasteiger partial charge in [0, 0.05) is 52.0 Å². The molecule has 1 heterocycles. The standard InChI is InChI=1S/C19H32N4O.HI/c1-4-20-19(21-11-8-12-24-3)22-18-13-16(2)23(15-18)14-17-9-6-5-7-10-17;/h5-7,9-10,16,18H,4,8,11-15H2,1-3H3,(H2,20,21,22);1H. The monoisotopic (exact) mass is 460 g/mol. The molecule has 1 aliphatic heterocycles. The summed E-state index contributed by atoms with van der Waals surface area (Å²) in [4.78, 5) is 7.19. The molecule has 0 aromatic heterocycles. The lowest BCUT2D eigenvalue weighted by Gasteiger charge is -2.21. The topological polar surface area (TPSA) is 48.9 Å². The summed E-state index contributed by atoms with van der Waals surface area (Å²) in [6.45, 7) is 8.92. The maximum atomic E-state index is 5.09. The summed E-state index contributed by atoms with van der Waals surface area (Å²) in [5, 5.41) is 6.94. The van der Waals surface area contributed by atoms with Gasteiger partial charge in [0.05, 0.1) is 0 Å². The van der Waals surface area contributed by atoms with Gasteiger partial charge >= 0.3 is 0 Å². The second kappa shape index (κ2) is 12.5. The quantitative estimate of drug-likeness (QED) is 0.271. The van der Waals surface area contributed by atoms with Gasteiger partial charge in [-0.15, -0.1) is 24.0 Å². The number of benzene rings is 1. The van der Waals surface area contributed by atoms with Crippen LogP contribution in [0.3, 0.4) is 0 Å².